The maximum absolute atomic E-state index is 5.72. The van der Waals surface area contributed by atoms with Crippen LogP contribution in [0.4, 0.5) is 5.82 Å². The molecular weight excluding hydrogens is 230 g/mol. The Labute approximate surface area is 108 Å². The summed E-state index contributed by atoms with van der Waals surface area (Å²) >= 11 is 0. The fraction of sp³-hybridized carbons (Fsp3) is 0.615. The molecule has 18 heavy (non-hydrogen) atoms. The normalized spacial score (nSPS) is 16.6. The first-order valence-electron chi connectivity index (χ1n) is 6.37. The summed E-state index contributed by atoms with van der Waals surface area (Å²) in [6, 6.07) is 2.01. The average molecular weight is 251 g/mol. The van der Waals surface area contributed by atoms with Gasteiger partial charge in [-0.1, -0.05) is 0 Å². The van der Waals surface area contributed by atoms with Crippen molar-refractivity contribution >= 4 is 5.82 Å². The highest BCUT2D eigenvalue weighted by Crippen LogP contribution is 2.17. The van der Waals surface area contributed by atoms with Crippen LogP contribution < -0.4 is 10.1 Å². The second-order valence-electron chi connectivity index (χ2n) is 4.39. The van der Waals surface area contributed by atoms with Crippen molar-refractivity contribution in [2.24, 2.45) is 0 Å². The Morgan fingerprint density at radius 3 is 2.89 bits per heavy atom. The van der Waals surface area contributed by atoms with Crippen LogP contribution in [0.1, 0.15) is 5.56 Å². The lowest BCUT2D eigenvalue weighted by Gasteiger charge is -2.26. The van der Waals surface area contributed by atoms with Crippen LogP contribution in [-0.4, -0.2) is 56.4 Å². The van der Waals surface area contributed by atoms with E-state index in [4.69, 9.17) is 9.47 Å². The number of aryl methyl sites for hydroxylation is 1. The fourth-order valence-corrected chi connectivity index (χ4v) is 2.01. The highest BCUT2D eigenvalue weighted by molar-refractivity contribution is 5.45. The van der Waals surface area contributed by atoms with Crippen molar-refractivity contribution in [3.8, 4) is 5.75 Å². The van der Waals surface area contributed by atoms with Gasteiger partial charge in [0, 0.05) is 26.7 Å². The van der Waals surface area contributed by atoms with Crippen molar-refractivity contribution in [3.05, 3.63) is 17.8 Å². The number of hydrogen-bond acceptors (Lipinski definition) is 5. The van der Waals surface area contributed by atoms with Crippen molar-refractivity contribution in [1.82, 2.24) is 9.88 Å². The van der Waals surface area contributed by atoms with E-state index in [0.717, 1.165) is 50.0 Å². The first-order valence-corrected chi connectivity index (χ1v) is 6.37. The minimum atomic E-state index is 0.694. The molecule has 1 aliphatic rings. The molecule has 1 fully saturated rings. The van der Waals surface area contributed by atoms with E-state index in [1.807, 2.05) is 20.0 Å². The Morgan fingerprint density at radius 1 is 1.44 bits per heavy atom. The van der Waals surface area contributed by atoms with E-state index >= 15 is 0 Å². The molecule has 0 atom stereocenters. The van der Waals surface area contributed by atoms with Gasteiger partial charge in [0.1, 0.15) is 18.2 Å². The molecule has 1 aromatic rings. The molecular formula is C13H21N3O2. The largest absolute Gasteiger partial charge is 0.491 e. The molecule has 1 saturated heterocycles. The van der Waals surface area contributed by atoms with E-state index in [-0.39, 0.29) is 0 Å². The number of hydrogen-bond donors (Lipinski definition) is 1. The summed E-state index contributed by atoms with van der Waals surface area (Å²) in [5.41, 5.74) is 1.10. The maximum Gasteiger partial charge on any atom is 0.138 e. The van der Waals surface area contributed by atoms with Crippen molar-refractivity contribution in [1.29, 1.82) is 0 Å². The van der Waals surface area contributed by atoms with Gasteiger partial charge >= 0.3 is 0 Å². The number of nitrogens with one attached hydrogen (secondary N) is 1. The number of rotatable bonds is 5. The maximum atomic E-state index is 5.72. The van der Waals surface area contributed by atoms with E-state index in [9.17, 15) is 0 Å². The van der Waals surface area contributed by atoms with Crippen LogP contribution >= 0.6 is 0 Å². The van der Waals surface area contributed by atoms with Gasteiger partial charge in [-0.25, -0.2) is 4.98 Å². The molecule has 1 aliphatic heterocycles. The third kappa shape index (κ3) is 3.58. The van der Waals surface area contributed by atoms with Crippen LogP contribution in [0.3, 0.4) is 0 Å². The topological polar surface area (TPSA) is 46.6 Å². The van der Waals surface area contributed by atoms with E-state index in [1.54, 1.807) is 6.20 Å². The SMILES string of the molecule is CNc1ncc(OCCN2CCOCC2)cc1C. The van der Waals surface area contributed by atoms with Gasteiger partial charge in [-0.05, 0) is 18.6 Å². The molecule has 0 unspecified atom stereocenters. The Hall–Kier alpha value is -1.33. The number of anilines is 1. The quantitative estimate of drug-likeness (QED) is 0.850. The van der Waals surface area contributed by atoms with E-state index in [0.29, 0.717) is 6.61 Å². The lowest BCUT2D eigenvalue weighted by atomic mass is 10.3. The summed E-state index contributed by atoms with van der Waals surface area (Å²) in [4.78, 5) is 6.65. The molecule has 0 saturated carbocycles. The van der Waals surface area contributed by atoms with Gasteiger partial charge in [-0.15, -0.1) is 0 Å². The third-order valence-corrected chi connectivity index (χ3v) is 3.07. The highest BCUT2D eigenvalue weighted by Gasteiger charge is 2.09. The summed E-state index contributed by atoms with van der Waals surface area (Å²) in [5, 5.41) is 3.04. The van der Waals surface area contributed by atoms with Gasteiger partial charge in [-0.2, -0.15) is 0 Å². The molecule has 0 amide bonds. The molecule has 0 bridgehead atoms. The molecule has 1 N–H and O–H groups in total. The fourth-order valence-electron chi connectivity index (χ4n) is 2.01. The van der Waals surface area contributed by atoms with Gasteiger partial charge in [0.25, 0.3) is 0 Å². The summed E-state index contributed by atoms with van der Waals surface area (Å²) < 4.78 is 11.0. The smallest absolute Gasteiger partial charge is 0.138 e. The summed E-state index contributed by atoms with van der Waals surface area (Å²) in [6.07, 6.45) is 1.76. The first-order chi connectivity index (χ1) is 8.79. The van der Waals surface area contributed by atoms with Crippen molar-refractivity contribution in [2.45, 2.75) is 6.92 Å². The van der Waals surface area contributed by atoms with E-state index < -0.39 is 0 Å². The molecule has 1 aromatic heterocycles. The Bertz CT molecular complexity index is 378. The molecule has 5 nitrogen and oxygen atoms in total. The predicted octanol–water partition coefficient (Wildman–Crippen LogP) is 1.14. The summed E-state index contributed by atoms with van der Waals surface area (Å²) in [5.74, 6) is 1.73. The molecule has 2 heterocycles. The molecule has 0 radical (unpaired) electrons. The van der Waals surface area contributed by atoms with Gasteiger partial charge in [0.15, 0.2) is 0 Å². The summed E-state index contributed by atoms with van der Waals surface area (Å²) in [7, 11) is 1.87. The Morgan fingerprint density at radius 2 is 2.22 bits per heavy atom. The van der Waals surface area contributed by atoms with Crippen LogP contribution in [-0.2, 0) is 4.74 Å². The lowest BCUT2D eigenvalue weighted by molar-refractivity contribution is 0.0322. The average Bonchev–Trinajstić information content (AvgIpc) is 2.40. The van der Waals surface area contributed by atoms with Gasteiger partial charge in [-0.3, -0.25) is 4.90 Å². The van der Waals surface area contributed by atoms with Crippen LogP contribution in [0.2, 0.25) is 0 Å². The Kier molecular flexibility index (Phi) is 4.78. The van der Waals surface area contributed by atoms with Crippen LogP contribution in [0.5, 0.6) is 5.75 Å². The molecule has 0 aliphatic carbocycles. The molecule has 2 rings (SSSR count). The zero-order valence-electron chi connectivity index (χ0n) is 11.1. The van der Waals surface area contributed by atoms with Crippen molar-refractivity contribution in [3.63, 3.8) is 0 Å². The number of morpholine rings is 1. The third-order valence-electron chi connectivity index (χ3n) is 3.07. The number of ether oxygens (including phenoxy) is 2. The monoisotopic (exact) mass is 251 g/mol. The Balaban J connectivity index is 1.77. The predicted molar refractivity (Wildman–Crippen MR) is 71.3 cm³/mol. The second-order valence-corrected chi connectivity index (χ2v) is 4.39. The van der Waals surface area contributed by atoms with E-state index in [1.165, 1.54) is 0 Å². The minimum Gasteiger partial charge on any atom is -0.491 e. The van der Waals surface area contributed by atoms with Crippen LogP contribution in [0, 0.1) is 6.92 Å². The number of aromatic nitrogens is 1. The van der Waals surface area contributed by atoms with Crippen molar-refractivity contribution in [2.75, 3.05) is 51.8 Å². The van der Waals surface area contributed by atoms with Gasteiger partial charge < -0.3 is 14.8 Å². The zero-order chi connectivity index (χ0) is 12.8. The number of pyridine rings is 1. The first kappa shape index (κ1) is 13.1. The van der Waals surface area contributed by atoms with Crippen LogP contribution in [0.25, 0.3) is 0 Å². The van der Waals surface area contributed by atoms with Crippen molar-refractivity contribution < 1.29 is 9.47 Å². The number of nitrogens with zero attached hydrogens (tertiary/aromatic N) is 2. The molecule has 5 heteroatoms. The minimum absolute atomic E-state index is 0.694. The van der Waals surface area contributed by atoms with Gasteiger partial charge in [0.2, 0.25) is 0 Å². The molecule has 0 aromatic carbocycles. The molecule has 0 spiro atoms. The van der Waals surface area contributed by atoms with E-state index in [2.05, 4.69) is 15.2 Å². The van der Waals surface area contributed by atoms with Gasteiger partial charge in [0.05, 0.1) is 19.4 Å². The summed E-state index contributed by atoms with van der Waals surface area (Å²) in [6.45, 7) is 7.32. The highest BCUT2D eigenvalue weighted by atomic mass is 16.5. The standard InChI is InChI=1S/C13H21N3O2/c1-11-9-12(10-15-13(11)14-2)18-8-5-16-3-6-17-7-4-16/h9-10H,3-8H2,1-2H3,(H,14,15). The lowest BCUT2D eigenvalue weighted by Crippen LogP contribution is -2.38. The molecule has 100 valence electrons. The second kappa shape index (κ2) is 6.56. The zero-order valence-corrected chi connectivity index (χ0v) is 11.1. The van der Waals surface area contributed by atoms with Crippen LogP contribution in [0.15, 0.2) is 12.3 Å².